The molecule has 0 unspecified atom stereocenters. The van der Waals surface area contributed by atoms with Crippen LogP contribution in [0, 0.1) is 0 Å². The van der Waals surface area contributed by atoms with E-state index in [0.29, 0.717) is 39.3 Å². The zero-order valence-electron chi connectivity index (χ0n) is 15.4. The van der Waals surface area contributed by atoms with Gasteiger partial charge in [0.2, 0.25) is 5.82 Å². The number of para-hydroxylation sites is 1. The van der Waals surface area contributed by atoms with Crippen molar-refractivity contribution in [3.63, 3.8) is 0 Å². The molecule has 0 atom stereocenters. The highest BCUT2D eigenvalue weighted by Crippen LogP contribution is 2.29. The normalized spacial score (nSPS) is 10.6. The number of methoxy groups -OCH3 is 1. The predicted octanol–water partition coefficient (Wildman–Crippen LogP) is 5.32. The molecule has 4 aromatic rings. The quantitative estimate of drug-likeness (QED) is 0.486. The minimum Gasteiger partial charge on any atom is -0.497 e. The maximum atomic E-state index is 12.6. The van der Waals surface area contributed by atoms with Crippen molar-refractivity contribution in [3.8, 4) is 28.6 Å². The Morgan fingerprint density at radius 2 is 1.72 bits per heavy atom. The number of benzene rings is 3. The summed E-state index contributed by atoms with van der Waals surface area (Å²) in [7, 11) is 1.58. The second kappa shape index (κ2) is 8.16. The Labute approximate surface area is 172 Å². The van der Waals surface area contributed by atoms with E-state index >= 15 is 0 Å². The lowest BCUT2D eigenvalue weighted by Crippen LogP contribution is -2.12. The summed E-state index contributed by atoms with van der Waals surface area (Å²) in [4.78, 5) is 17.1. The van der Waals surface area contributed by atoms with Crippen LogP contribution >= 0.6 is 11.6 Å². The summed E-state index contributed by atoms with van der Waals surface area (Å²) in [5.74, 6) is 1.17. The molecule has 0 aliphatic heterocycles. The van der Waals surface area contributed by atoms with Gasteiger partial charge in [0.25, 0.3) is 11.8 Å². The first-order valence-corrected chi connectivity index (χ1v) is 9.16. The molecule has 0 saturated heterocycles. The van der Waals surface area contributed by atoms with Gasteiger partial charge in [0.05, 0.1) is 18.4 Å². The Morgan fingerprint density at radius 1 is 1.00 bits per heavy atom. The van der Waals surface area contributed by atoms with E-state index in [1.165, 1.54) is 0 Å². The van der Waals surface area contributed by atoms with Crippen LogP contribution in [0.1, 0.15) is 10.4 Å². The number of hydrogen-bond donors (Lipinski definition) is 1. The number of halogens is 1. The van der Waals surface area contributed by atoms with Crippen LogP contribution in [0.5, 0.6) is 5.75 Å². The Kier molecular flexibility index (Phi) is 5.27. The van der Waals surface area contributed by atoms with E-state index in [4.69, 9.17) is 20.9 Å². The number of nitrogens with one attached hydrogen (secondary N) is 1. The molecule has 29 heavy (non-hydrogen) atoms. The number of carbonyl (C=O) groups excluding carboxylic acids is 1. The molecule has 144 valence electrons. The SMILES string of the molecule is COc1ccc(C(=O)Nc2ccccc2-c2nc(-c3ccc(Cl)cc3)no2)cc1. The van der Waals surface area contributed by atoms with Crippen molar-refractivity contribution in [3.05, 3.63) is 83.4 Å². The number of hydrogen-bond acceptors (Lipinski definition) is 5. The van der Waals surface area contributed by atoms with Crippen molar-refractivity contribution in [2.75, 3.05) is 12.4 Å². The fourth-order valence-corrected chi connectivity index (χ4v) is 2.89. The monoisotopic (exact) mass is 405 g/mol. The lowest BCUT2D eigenvalue weighted by Gasteiger charge is -2.09. The smallest absolute Gasteiger partial charge is 0.260 e. The molecule has 0 aliphatic carbocycles. The minimum absolute atomic E-state index is 0.252. The molecule has 7 heteroatoms. The van der Waals surface area contributed by atoms with E-state index < -0.39 is 0 Å². The number of aromatic nitrogens is 2. The van der Waals surface area contributed by atoms with Gasteiger partial charge in [-0.1, -0.05) is 28.9 Å². The van der Waals surface area contributed by atoms with Crippen LogP contribution in [0.2, 0.25) is 5.02 Å². The van der Waals surface area contributed by atoms with E-state index in [-0.39, 0.29) is 5.91 Å². The van der Waals surface area contributed by atoms with Crippen LogP contribution in [-0.4, -0.2) is 23.2 Å². The average Bonchev–Trinajstić information content (AvgIpc) is 3.25. The minimum atomic E-state index is -0.252. The van der Waals surface area contributed by atoms with Gasteiger partial charge >= 0.3 is 0 Å². The lowest BCUT2D eigenvalue weighted by molar-refractivity contribution is 0.102. The van der Waals surface area contributed by atoms with E-state index in [1.807, 2.05) is 30.3 Å². The highest BCUT2D eigenvalue weighted by molar-refractivity contribution is 6.30. The topological polar surface area (TPSA) is 77.2 Å². The summed E-state index contributed by atoms with van der Waals surface area (Å²) >= 11 is 5.93. The van der Waals surface area contributed by atoms with Crippen molar-refractivity contribution in [2.24, 2.45) is 0 Å². The van der Waals surface area contributed by atoms with E-state index in [2.05, 4.69) is 15.5 Å². The Hall–Kier alpha value is -3.64. The Balaban J connectivity index is 1.60. The molecule has 4 rings (SSSR count). The average molecular weight is 406 g/mol. The molecule has 1 amide bonds. The third-order valence-corrected chi connectivity index (χ3v) is 4.54. The van der Waals surface area contributed by atoms with Gasteiger partial charge in [0.15, 0.2) is 0 Å². The summed E-state index contributed by atoms with van der Waals surface area (Å²) in [6.45, 7) is 0. The lowest BCUT2D eigenvalue weighted by atomic mass is 10.1. The number of ether oxygens (including phenoxy) is 1. The Bertz CT molecular complexity index is 1140. The summed E-state index contributed by atoms with van der Waals surface area (Å²) in [5.41, 5.74) is 2.49. The number of amides is 1. The zero-order valence-corrected chi connectivity index (χ0v) is 16.2. The summed E-state index contributed by atoms with van der Waals surface area (Å²) in [6, 6.07) is 21.3. The van der Waals surface area contributed by atoms with Crippen LogP contribution in [0.4, 0.5) is 5.69 Å². The molecule has 0 aliphatic rings. The van der Waals surface area contributed by atoms with Crippen LogP contribution in [-0.2, 0) is 0 Å². The molecule has 1 heterocycles. The second-order valence-electron chi connectivity index (χ2n) is 6.16. The van der Waals surface area contributed by atoms with Crippen LogP contribution in [0.3, 0.4) is 0 Å². The third kappa shape index (κ3) is 4.12. The van der Waals surface area contributed by atoms with E-state index in [9.17, 15) is 4.79 Å². The van der Waals surface area contributed by atoms with Gasteiger partial charge in [0.1, 0.15) is 5.75 Å². The molecule has 0 saturated carbocycles. The predicted molar refractivity (Wildman–Crippen MR) is 111 cm³/mol. The van der Waals surface area contributed by atoms with E-state index in [0.717, 1.165) is 5.56 Å². The molecule has 0 radical (unpaired) electrons. The summed E-state index contributed by atoms with van der Waals surface area (Å²) < 4.78 is 10.6. The molecular weight excluding hydrogens is 390 g/mol. The Morgan fingerprint density at radius 3 is 2.45 bits per heavy atom. The summed E-state index contributed by atoms with van der Waals surface area (Å²) in [6.07, 6.45) is 0. The molecule has 1 N–H and O–H groups in total. The van der Waals surface area contributed by atoms with Crippen molar-refractivity contribution >= 4 is 23.2 Å². The van der Waals surface area contributed by atoms with Crippen LogP contribution in [0.25, 0.3) is 22.8 Å². The number of anilines is 1. The van der Waals surface area contributed by atoms with Crippen LogP contribution in [0.15, 0.2) is 77.3 Å². The highest BCUT2D eigenvalue weighted by atomic mass is 35.5. The molecule has 0 bridgehead atoms. The van der Waals surface area contributed by atoms with Gasteiger partial charge in [-0.3, -0.25) is 4.79 Å². The summed E-state index contributed by atoms with van der Waals surface area (Å²) in [5, 5.41) is 7.56. The van der Waals surface area contributed by atoms with Crippen LogP contribution < -0.4 is 10.1 Å². The largest absolute Gasteiger partial charge is 0.497 e. The second-order valence-corrected chi connectivity index (χ2v) is 6.59. The first kappa shape index (κ1) is 18.7. The maximum absolute atomic E-state index is 12.6. The highest BCUT2D eigenvalue weighted by Gasteiger charge is 2.16. The first-order valence-electron chi connectivity index (χ1n) is 8.78. The molecule has 1 aromatic heterocycles. The van der Waals surface area contributed by atoms with Crippen molar-refractivity contribution in [1.82, 2.24) is 10.1 Å². The first-order chi connectivity index (χ1) is 14.1. The molecule has 6 nitrogen and oxygen atoms in total. The molecular formula is C22H16ClN3O3. The van der Waals surface area contributed by atoms with Crippen molar-refractivity contribution in [2.45, 2.75) is 0 Å². The standard InChI is InChI=1S/C22H16ClN3O3/c1-28-17-12-8-15(9-13-17)21(27)24-19-5-3-2-4-18(19)22-25-20(26-29-22)14-6-10-16(23)11-7-14/h2-13H,1H3,(H,24,27). The zero-order chi connectivity index (χ0) is 20.2. The fourth-order valence-electron chi connectivity index (χ4n) is 2.76. The number of rotatable bonds is 5. The maximum Gasteiger partial charge on any atom is 0.260 e. The van der Waals surface area contributed by atoms with Gasteiger partial charge in [-0.05, 0) is 60.7 Å². The van der Waals surface area contributed by atoms with E-state index in [1.54, 1.807) is 49.6 Å². The van der Waals surface area contributed by atoms with Gasteiger partial charge in [-0.2, -0.15) is 4.98 Å². The van der Waals surface area contributed by atoms with Gasteiger partial charge < -0.3 is 14.6 Å². The van der Waals surface area contributed by atoms with Gasteiger partial charge in [-0.25, -0.2) is 0 Å². The third-order valence-electron chi connectivity index (χ3n) is 4.29. The molecule has 3 aromatic carbocycles. The van der Waals surface area contributed by atoms with Crippen molar-refractivity contribution < 1.29 is 14.1 Å². The fraction of sp³-hybridized carbons (Fsp3) is 0.0455. The van der Waals surface area contributed by atoms with Gasteiger partial charge in [0, 0.05) is 16.1 Å². The molecule has 0 fully saturated rings. The number of nitrogens with zero attached hydrogens (tertiary/aromatic N) is 2. The van der Waals surface area contributed by atoms with Gasteiger partial charge in [-0.15, -0.1) is 0 Å². The molecule has 0 spiro atoms. The van der Waals surface area contributed by atoms with Crippen molar-refractivity contribution in [1.29, 1.82) is 0 Å². The number of carbonyl (C=O) groups is 1.